The molecule has 1 saturated carbocycles. The highest BCUT2D eigenvalue weighted by Crippen LogP contribution is 2.26. The zero-order chi connectivity index (χ0) is 13.9. The summed E-state index contributed by atoms with van der Waals surface area (Å²) in [4.78, 5) is 14.3. The molecule has 3 rings (SSSR count). The van der Waals surface area contributed by atoms with Crippen molar-refractivity contribution in [2.24, 2.45) is 5.73 Å². The van der Waals surface area contributed by atoms with Crippen molar-refractivity contribution in [1.82, 2.24) is 5.32 Å². The van der Waals surface area contributed by atoms with Gasteiger partial charge in [0.15, 0.2) is 0 Å². The summed E-state index contributed by atoms with van der Waals surface area (Å²) in [7, 11) is 0. The van der Waals surface area contributed by atoms with Gasteiger partial charge in [-0.2, -0.15) is 0 Å². The normalized spacial score (nSPS) is 22.6. The molecule has 20 heavy (non-hydrogen) atoms. The highest BCUT2D eigenvalue weighted by atomic mass is 16.2. The lowest BCUT2D eigenvalue weighted by molar-refractivity contribution is -0.120. The van der Waals surface area contributed by atoms with E-state index in [1.165, 1.54) is 18.4 Å². The predicted octanol–water partition coefficient (Wildman–Crippen LogP) is 1.44. The Morgan fingerprint density at radius 1 is 1.30 bits per heavy atom. The minimum atomic E-state index is 0.115. The van der Waals surface area contributed by atoms with Gasteiger partial charge in [0.1, 0.15) is 0 Å². The van der Waals surface area contributed by atoms with Crippen molar-refractivity contribution in [2.75, 3.05) is 18.0 Å². The molecular formula is C16H23N3O. The van der Waals surface area contributed by atoms with E-state index in [0.717, 1.165) is 31.5 Å². The van der Waals surface area contributed by atoms with Gasteiger partial charge in [-0.1, -0.05) is 31.0 Å². The molecule has 1 heterocycles. The van der Waals surface area contributed by atoms with Crippen LogP contribution in [0.25, 0.3) is 0 Å². The zero-order valence-electron chi connectivity index (χ0n) is 11.8. The molecule has 0 radical (unpaired) electrons. The van der Waals surface area contributed by atoms with Crippen LogP contribution in [-0.4, -0.2) is 31.1 Å². The molecular weight excluding hydrogens is 250 g/mol. The molecule has 3 N–H and O–H groups in total. The van der Waals surface area contributed by atoms with Gasteiger partial charge in [-0.25, -0.2) is 0 Å². The standard InChI is InChI=1S/C16H23N3O/c17-13-9-12-5-1-4-8-15(12)19(10-13)11-16(20)18-14-6-2-3-7-14/h1,4-5,8,13-14H,2-3,6-7,9-11,17H2,(H,18,20). The summed E-state index contributed by atoms with van der Waals surface area (Å²) in [5.41, 5.74) is 8.52. The Balaban J connectivity index is 1.66. The topological polar surface area (TPSA) is 58.4 Å². The van der Waals surface area contributed by atoms with Crippen LogP contribution >= 0.6 is 0 Å². The smallest absolute Gasteiger partial charge is 0.239 e. The molecule has 1 aliphatic heterocycles. The summed E-state index contributed by atoms with van der Waals surface area (Å²) >= 11 is 0. The van der Waals surface area contributed by atoms with E-state index >= 15 is 0 Å². The highest BCUT2D eigenvalue weighted by Gasteiger charge is 2.24. The largest absolute Gasteiger partial charge is 0.360 e. The number of fused-ring (bicyclic) bond motifs is 1. The van der Waals surface area contributed by atoms with Crippen molar-refractivity contribution in [3.05, 3.63) is 29.8 Å². The fraction of sp³-hybridized carbons (Fsp3) is 0.562. The Bertz CT molecular complexity index is 482. The number of carbonyl (C=O) groups excluding carboxylic acids is 1. The Morgan fingerprint density at radius 3 is 2.85 bits per heavy atom. The lowest BCUT2D eigenvalue weighted by Crippen LogP contribution is -2.48. The van der Waals surface area contributed by atoms with Crippen LogP contribution in [0.5, 0.6) is 0 Å². The number of nitrogens with zero attached hydrogens (tertiary/aromatic N) is 1. The minimum Gasteiger partial charge on any atom is -0.360 e. The summed E-state index contributed by atoms with van der Waals surface area (Å²) in [5, 5.41) is 3.15. The molecule has 2 aliphatic rings. The van der Waals surface area contributed by atoms with Crippen molar-refractivity contribution in [1.29, 1.82) is 0 Å². The number of amides is 1. The number of nitrogens with two attached hydrogens (primary N) is 1. The molecule has 1 amide bonds. The molecule has 0 bridgehead atoms. The summed E-state index contributed by atoms with van der Waals surface area (Å²) in [5.74, 6) is 0.126. The van der Waals surface area contributed by atoms with Crippen LogP contribution in [0.3, 0.4) is 0 Å². The molecule has 4 nitrogen and oxygen atoms in total. The van der Waals surface area contributed by atoms with Gasteiger partial charge in [-0.05, 0) is 30.9 Å². The molecule has 0 aromatic heterocycles. The van der Waals surface area contributed by atoms with Gasteiger partial charge in [0.25, 0.3) is 0 Å². The third-order valence-electron chi connectivity index (χ3n) is 4.32. The average Bonchev–Trinajstić information content (AvgIpc) is 2.91. The monoisotopic (exact) mass is 273 g/mol. The van der Waals surface area contributed by atoms with E-state index in [1.807, 2.05) is 12.1 Å². The fourth-order valence-corrected chi connectivity index (χ4v) is 3.39. The number of benzene rings is 1. The van der Waals surface area contributed by atoms with Crippen LogP contribution in [0, 0.1) is 0 Å². The fourth-order valence-electron chi connectivity index (χ4n) is 3.39. The quantitative estimate of drug-likeness (QED) is 0.876. The molecule has 1 fully saturated rings. The first-order valence-corrected chi connectivity index (χ1v) is 7.60. The Labute approximate surface area is 120 Å². The molecule has 1 aromatic carbocycles. The number of carbonyl (C=O) groups is 1. The Hall–Kier alpha value is -1.55. The van der Waals surface area contributed by atoms with Crippen molar-refractivity contribution in [3.8, 4) is 0 Å². The predicted molar refractivity (Wildman–Crippen MR) is 80.7 cm³/mol. The second kappa shape index (κ2) is 5.83. The van der Waals surface area contributed by atoms with Gasteiger partial charge in [0.2, 0.25) is 5.91 Å². The Morgan fingerprint density at radius 2 is 2.05 bits per heavy atom. The van der Waals surface area contributed by atoms with E-state index in [2.05, 4.69) is 22.3 Å². The number of para-hydroxylation sites is 1. The molecule has 0 saturated heterocycles. The van der Waals surface area contributed by atoms with E-state index in [9.17, 15) is 4.79 Å². The molecule has 0 spiro atoms. The summed E-state index contributed by atoms with van der Waals surface area (Å²) in [6, 6.07) is 8.76. The van der Waals surface area contributed by atoms with Gasteiger partial charge in [-0.15, -0.1) is 0 Å². The second-order valence-electron chi connectivity index (χ2n) is 6.02. The first-order chi connectivity index (χ1) is 9.72. The van der Waals surface area contributed by atoms with Crippen molar-refractivity contribution in [2.45, 2.75) is 44.2 Å². The van der Waals surface area contributed by atoms with Crippen LogP contribution in [0.15, 0.2) is 24.3 Å². The van der Waals surface area contributed by atoms with Crippen LogP contribution < -0.4 is 16.0 Å². The van der Waals surface area contributed by atoms with Crippen LogP contribution in [0.1, 0.15) is 31.2 Å². The van der Waals surface area contributed by atoms with Crippen molar-refractivity contribution >= 4 is 11.6 Å². The molecule has 1 aliphatic carbocycles. The second-order valence-corrected chi connectivity index (χ2v) is 6.02. The molecule has 108 valence electrons. The van der Waals surface area contributed by atoms with Crippen molar-refractivity contribution < 1.29 is 4.79 Å². The van der Waals surface area contributed by atoms with Crippen LogP contribution in [0.4, 0.5) is 5.69 Å². The van der Waals surface area contributed by atoms with Crippen molar-refractivity contribution in [3.63, 3.8) is 0 Å². The van der Waals surface area contributed by atoms with Gasteiger partial charge in [0, 0.05) is 24.3 Å². The van der Waals surface area contributed by atoms with E-state index in [-0.39, 0.29) is 11.9 Å². The first-order valence-electron chi connectivity index (χ1n) is 7.60. The van der Waals surface area contributed by atoms with E-state index in [1.54, 1.807) is 0 Å². The van der Waals surface area contributed by atoms with Crippen LogP contribution in [0.2, 0.25) is 0 Å². The maximum Gasteiger partial charge on any atom is 0.239 e. The van der Waals surface area contributed by atoms with E-state index in [4.69, 9.17) is 5.73 Å². The minimum absolute atomic E-state index is 0.115. The number of hydrogen-bond acceptors (Lipinski definition) is 3. The molecule has 1 aromatic rings. The number of rotatable bonds is 3. The average molecular weight is 273 g/mol. The van der Waals surface area contributed by atoms with Crippen LogP contribution in [-0.2, 0) is 11.2 Å². The summed E-state index contributed by atoms with van der Waals surface area (Å²) < 4.78 is 0. The molecule has 1 atom stereocenters. The van der Waals surface area contributed by atoms with Gasteiger partial charge in [-0.3, -0.25) is 4.79 Å². The van der Waals surface area contributed by atoms with Gasteiger partial charge >= 0.3 is 0 Å². The van der Waals surface area contributed by atoms with Gasteiger partial charge in [0.05, 0.1) is 6.54 Å². The molecule has 4 heteroatoms. The maximum atomic E-state index is 12.2. The van der Waals surface area contributed by atoms with E-state index in [0.29, 0.717) is 12.6 Å². The summed E-state index contributed by atoms with van der Waals surface area (Å²) in [6.07, 6.45) is 5.63. The zero-order valence-corrected chi connectivity index (χ0v) is 11.8. The lowest BCUT2D eigenvalue weighted by atomic mass is 9.98. The first kappa shape index (κ1) is 13.4. The molecule has 1 unspecified atom stereocenters. The highest BCUT2D eigenvalue weighted by molar-refractivity contribution is 5.82. The van der Waals surface area contributed by atoms with E-state index < -0.39 is 0 Å². The third-order valence-corrected chi connectivity index (χ3v) is 4.32. The van der Waals surface area contributed by atoms with Gasteiger partial charge < -0.3 is 16.0 Å². The summed E-state index contributed by atoms with van der Waals surface area (Å²) in [6.45, 7) is 1.18. The third kappa shape index (κ3) is 2.96. The SMILES string of the molecule is NC1Cc2ccccc2N(CC(=O)NC2CCCC2)C1. The maximum absolute atomic E-state index is 12.2. The number of anilines is 1. The lowest BCUT2D eigenvalue weighted by Gasteiger charge is -2.34. The number of nitrogens with one attached hydrogen (secondary N) is 1. The number of hydrogen-bond donors (Lipinski definition) is 2. The Kier molecular flexibility index (Phi) is 3.92.